The Bertz CT molecular complexity index is 1240. The van der Waals surface area contributed by atoms with E-state index in [-0.39, 0.29) is 32.6 Å². The Morgan fingerprint density at radius 2 is 0.881 bits per heavy atom. The second kappa shape index (κ2) is 44.7. The highest BCUT2D eigenvalue weighted by atomic mass is 31.2. The van der Waals surface area contributed by atoms with Gasteiger partial charge in [-0.05, 0) is 83.5 Å². The van der Waals surface area contributed by atoms with Crippen LogP contribution >= 0.6 is 7.82 Å². The summed E-state index contributed by atoms with van der Waals surface area (Å²) in [5.41, 5.74) is 5.35. The molecule has 0 rings (SSSR count). The Morgan fingerprint density at radius 1 is 0.508 bits per heavy atom. The second-order valence-electron chi connectivity index (χ2n) is 14.9. The van der Waals surface area contributed by atoms with Crippen LogP contribution in [0.25, 0.3) is 0 Å². The Hall–Kier alpha value is -2.81. The Morgan fingerprint density at radius 3 is 1.31 bits per heavy atom. The van der Waals surface area contributed by atoms with E-state index in [1.165, 1.54) is 44.9 Å². The summed E-state index contributed by atoms with van der Waals surface area (Å²) >= 11 is 0. The van der Waals surface area contributed by atoms with Crippen LogP contribution in [0, 0.1) is 0 Å². The molecule has 0 aliphatic rings. The van der Waals surface area contributed by atoms with Crippen molar-refractivity contribution in [1.82, 2.24) is 0 Å². The summed E-state index contributed by atoms with van der Waals surface area (Å²) in [4.78, 5) is 35.0. The lowest BCUT2D eigenvalue weighted by Gasteiger charge is -2.19. The van der Waals surface area contributed by atoms with E-state index >= 15 is 0 Å². The monoisotopic (exact) mass is 846 g/mol. The van der Waals surface area contributed by atoms with Gasteiger partial charge in [0.15, 0.2) is 6.10 Å². The lowest BCUT2D eigenvalue weighted by molar-refractivity contribution is -0.161. The largest absolute Gasteiger partial charge is 0.472 e. The van der Waals surface area contributed by atoms with E-state index in [4.69, 9.17) is 24.3 Å². The van der Waals surface area contributed by atoms with Crippen molar-refractivity contribution in [2.45, 2.75) is 187 Å². The van der Waals surface area contributed by atoms with E-state index in [9.17, 15) is 19.0 Å². The van der Waals surface area contributed by atoms with Crippen LogP contribution in [-0.4, -0.2) is 49.3 Å². The van der Waals surface area contributed by atoms with Crippen LogP contribution in [0.1, 0.15) is 181 Å². The van der Waals surface area contributed by atoms with Crippen molar-refractivity contribution in [3.05, 3.63) is 85.1 Å². The fourth-order valence-electron chi connectivity index (χ4n) is 5.93. The standard InChI is InChI=1S/C49H84NO8P/c1-3-5-7-9-11-13-15-17-19-21-22-23-24-26-28-30-32-34-36-38-40-42-49(52)58-47(46-57-59(53,54)56-44-43-50)45-55-48(51)41-39-37-35-33-31-29-27-25-20-18-16-14-12-10-8-6-4-2/h5-8,11-14,17-20,22-23,47H,3-4,9-10,15-16,21,24-46,50H2,1-2H3,(H,53,54)/b7-5-,8-6-,13-11-,14-12-,19-17-,20-18-,23-22-. The first-order valence-electron chi connectivity index (χ1n) is 23.1. The zero-order valence-corrected chi connectivity index (χ0v) is 38.1. The Kier molecular flexibility index (Phi) is 42.6. The van der Waals surface area contributed by atoms with Gasteiger partial charge >= 0.3 is 19.8 Å². The van der Waals surface area contributed by atoms with Crippen LogP contribution < -0.4 is 5.73 Å². The van der Waals surface area contributed by atoms with Crippen molar-refractivity contribution in [2.24, 2.45) is 5.73 Å². The van der Waals surface area contributed by atoms with Crippen LogP contribution in [0.15, 0.2) is 85.1 Å². The number of allylic oxidation sites excluding steroid dienone is 14. The number of hydrogen-bond donors (Lipinski definition) is 2. The quantitative estimate of drug-likeness (QED) is 0.0266. The highest BCUT2D eigenvalue weighted by Gasteiger charge is 2.26. The summed E-state index contributed by atoms with van der Waals surface area (Å²) in [6.07, 6.45) is 56.1. The molecule has 10 heteroatoms. The molecular weight excluding hydrogens is 762 g/mol. The van der Waals surface area contributed by atoms with E-state index in [1.54, 1.807) is 0 Å². The number of phosphoric ester groups is 1. The lowest BCUT2D eigenvalue weighted by Crippen LogP contribution is -2.29. The molecule has 0 bridgehead atoms. The number of esters is 2. The number of carbonyl (C=O) groups is 2. The Labute approximate surface area is 360 Å². The average Bonchev–Trinajstić information content (AvgIpc) is 3.22. The van der Waals surface area contributed by atoms with E-state index in [0.717, 1.165) is 103 Å². The average molecular weight is 846 g/mol. The van der Waals surface area contributed by atoms with Crippen LogP contribution in [-0.2, 0) is 32.7 Å². The molecule has 3 N–H and O–H groups in total. The fraction of sp³-hybridized carbons (Fsp3) is 0.673. The number of unbranched alkanes of at least 4 members (excludes halogenated alkanes) is 15. The molecule has 0 aromatic carbocycles. The minimum Gasteiger partial charge on any atom is -0.462 e. The minimum absolute atomic E-state index is 0.0460. The molecule has 0 aromatic heterocycles. The summed E-state index contributed by atoms with van der Waals surface area (Å²) in [5, 5.41) is 0. The summed E-state index contributed by atoms with van der Waals surface area (Å²) in [6, 6.07) is 0. The van der Waals surface area contributed by atoms with Crippen molar-refractivity contribution in [2.75, 3.05) is 26.4 Å². The smallest absolute Gasteiger partial charge is 0.462 e. The topological polar surface area (TPSA) is 134 Å². The molecule has 0 radical (unpaired) electrons. The highest BCUT2D eigenvalue weighted by Crippen LogP contribution is 2.43. The van der Waals surface area contributed by atoms with Gasteiger partial charge in [0, 0.05) is 19.4 Å². The predicted octanol–water partition coefficient (Wildman–Crippen LogP) is 13.6. The zero-order chi connectivity index (χ0) is 43.2. The maximum atomic E-state index is 12.6. The third-order valence-electron chi connectivity index (χ3n) is 9.28. The van der Waals surface area contributed by atoms with Gasteiger partial charge in [-0.3, -0.25) is 18.6 Å². The first-order valence-corrected chi connectivity index (χ1v) is 24.6. The van der Waals surface area contributed by atoms with Gasteiger partial charge in [-0.2, -0.15) is 0 Å². The van der Waals surface area contributed by atoms with Gasteiger partial charge in [-0.1, -0.05) is 170 Å². The van der Waals surface area contributed by atoms with Gasteiger partial charge < -0.3 is 20.1 Å². The van der Waals surface area contributed by atoms with Gasteiger partial charge in [0.25, 0.3) is 0 Å². The maximum absolute atomic E-state index is 12.6. The minimum atomic E-state index is -4.39. The molecular formula is C49H84NO8P. The number of nitrogens with two attached hydrogens (primary N) is 1. The first kappa shape index (κ1) is 56.2. The van der Waals surface area contributed by atoms with Gasteiger partial charge in [0.2, 0.25) is 0 Å². The molecule has 2 atom stereocenters. The molecule has 0 saturated heterocycles. The molecule has 0 heterocycles. The van der Waals surface area contributed by atoms with E-state index in [1.807, 2.05) is 0 Å². The van der Waals surface area contributed by atoms with E-state index in [2.05, 4.69) is 98.9 Å². The molecule has 338 valence electrons. The van der Waals surface area contributed by atoms with E-state index < -0.39 is 32.5 Å². The molecule has 0 aromatic rings. The predicted molar refractivity (Wildman–Crippen MR) is 247 cm³/mol. The van der Waals surface area contributed by atoms with Crippen molar-refractivity contribution < 1.29 is 37.6 Å². The lowest BCUT2D eigenvalue weighted by atomic mass is 10.1. The highest BCUT2D eigenvalue weighted by molar-refractivity contribution is 7.47. The number of ether oxygens (including phenoxy) is 2. The molecule has 2 unspecified atom stereocenters. The molecule has 59 heavy (non-hydrogen) atoms. The van der Waals surface area contributed by atoms with Crippen LogP contribution in [0.5, 0.6) is 0 Å². The molecule has 9 nitrogen and oxygen atoms in total. The summed E-state index contributed by atoms with van der Waals surface area (Å²) in [6.45, 7) is 3.48. The summed E-state index contributed by atoms with van der Waals surface area (Å²) < 4.78 is 32.8. The van der Waals surface area contributed by atoms with Crippen molar-refractivity contribution in [3.63, 3.8) is 0 Å². The molecule has 0 saturated carbocycles. The van der Waals surface area contributed by atoms with Gasteiger partial charge in [0.05, 0.1) is 13.2 Å². The van der Waals surface area contributed by atoms with Crippen molar-refractivity contribution in [1.29, 1.82) is 0 Å². The molecule has 0 spiro atoms. The third-order valence-corrected chi connectivity index (χ3v) is 10.3. The number of phosphoric acid groups is 1. The van der Waals surface area contributed by atoms with Crippen molar-refractivity contribution >= 4 is 19.8 Å². The van der Waals surface area contributed by atoms with Crippen LogP contribution in [0.3, 0.4) is 0 Å². The van der Waals surface area contributed by atoms with Gasteiger partial charge in [-0.25, -0.2) is 4.57 Å². The fourth-order valence-corrected chi connectivity index (χ4v) is 6.70. The summed E-state index contributed by atoms with van der Waals surface area (Å²) in [7, 11) is -4.39. The molecule has 0 amide bonds. The SMILES string of the molecule is CC/C=C\C/C=C\C/C=C\C/C=C\CCCCCCCCCCC(=O)OC(COC(=O)CCCCCCCCC/C=C\C/C=C\C/C=C\CC)COP(=O)(O)OCCN. The number of hydrogen-bond acceptors (Lipinski definition) is 8. The Balaban J connectivity index is 4.15. The number of carbonyl (C=O) groups excluding carboxylic acids is 2. The third kappa shape index (κ3) is 44.6. The van der Waals surface area contributed by atoms with Gasteiger partial charge in [-0.15, -0.1) is 0 Å². The molecule has 0 fully saturated rings. The summed E-state index contributed by atoms with van der Waals surface area (Å²) in [5.74, 6) is -0.855. The number of rotatable bonds is 42. The van der Waals surface area contributed by atoms with Crippen molar-refractivity contribution in [3.8, 4) is 0 Å². The van der Waals surface area contributed by atoms with Crippen LogP contribution in [0.2, 0.25) is 0 Å². The van der Waals surface area contributed by atoms with Gasteiger partial charge in [0.1, 0.15) is 6.61 Å². The normalized spacial score (nSPS) is 14.0. The second-order valence-corrected chi connectivity index (χ2v) is 16.3. The first-order chi connectivity index (χ1) is 28.8. The van der Waals surface area contributed by atoms with E-state index in [0.29, 0.717) is 6.42 Å². The molecule has 0 aliphatic heterocycles. The van der Waals surface area contributed by atoms with Crippen LogP contribution in [0.4, 0.5) is 0 Å². The zero-order valence-electron chi connectivity index (χ0n) is 37.2. The maximum Gasteiger partial charge on any atom is 0.472 e. The molecule has 0 aliphatic carbocycles.